The predicted molar refractivity (Wildman–Crippen MR) is 177 cm³/mol. The van der Waals surface area contributed by atoms with Crippen LogP contribution in [0.4, 0.5) is 10.5 Å². The van der Waals surface area contributed by atoms with Crippen LogP contribution in [0.15, 0.2) is 91.1 Å². The van der Waals surface area contributed by atoms with E-state index in [4.69, 9.17) is 14.5 Å². The summed E-state index contributed by atoms with van der Waals surface area (Å²) in [5.74, 6) is 0.294. The molecule has 10 heteroatoms. The Balaban J connectivity index is 1.03. The molecular formula is C36H34N6O4. The van der Waals surface area contributed by atoms with Crippen molar-refractivity contribution in [2.75, 3.05) is 25.5 Å². The number of phenols is 1. The quantitative estimate of drug-likeness (QED) is 0.201. The zero-order valence-electron chi connectivity index (χ0n) is 25.7. The van der Waals surface area contributed by atoms with E-state index in [9.17, 15) is 9.90 Å². The number of nitrogens with one attached hydrogen (secondary N) is 1. The number of nitrogens with zero attached hydrogens (tertiary/aromatic N) is 5. The fourth-order valence-corrected chi connectivity index (χ4v) is 5.99. The summed E-state index contributed by atoms with van der Waals surface area (Å²) in [7, 11) is 1.47. The minimum atomic E-state index is -0.532. The van der Waals surface area contributed by atoms with E-state index < -0.39 is 6.09 Å². The standard InChI is InChI=1S/C36H34N6O4/c1-23-18-33-37-21-27-19-30(25-6-4-3-5-7-25)34(39-35(27)42(33)40-23)26-10-8-24(9-11-26)22-41-16-14-29(15-17-41)46-36(44)38-28-12-13-32(45-2)31(43)20-28/h3-13,18-21,29,43H,14-17,22H2,1-2H3,(H,38,44). The van der Waals surface area contributed by atoms with Gasteiger partial charge in [-0.1, -0.05) is 54.6 Å². The molecular weight excluding hydrogens is 580 g/mol. The van der Waals surface area contributed by atoms with E-state index in [2.05, 4.69) is 62.8 Å². The highest BCUT2D eigenvalue weighted by molar-refractivity contribution is 5.90. The van der Waals surface area contributed by atoms with Crippen molar-refractivity contribution in [1.82, 2.24) is 24.5 Å². The Morgan fingerprint density at radius 2 is 1.76 bits per heavy atom. The molecule has 0 aliphatic carbocycles. The highest BCUT2D eigenvalue weighted by Gasteiger charge is 2.23. The molecule has 0 saturated carbocycles. The predicted octanol–water partition coefficient (Wildman–Crippen LogP) is 6.85. The summed E-state index contributed by atoms with van der Waals surface area (Å²) in [6.07, 6.45) is 2.66. The van der Waals surface area contributed by atoms with Crippen molar-refractivity contribution in [3.63, 3.8) is 0 Å². The molecule has 1 amide bonds. The van der Waals surface area contributed by atoms with Crippen molar-refractivity contribution in [3.8, 4) is 33.9 Å². The minimum Gasteiger partial charge on any atom is -0.504 e. The van der Waals surface area contributed by atoms with Gasteiger partial charge in [-0.05, 0) is 49.1 Å². The molecule has 3 aromatic heterocycles. The van der Waals surface area contributed by atoms with Crippen LogP contribution in [0.1, 0.15) is 24.1 Å². The Morgan fingerprint density at radius 3 is 2.50 bits per heavy atom. The van der Waals surface area contributed by atoms with Gasteiger partial charge in [-0.3, -0.25) is 10.2 Å². The zero-order valence-corrected chi connectivity index (χ0v) is 25.7. The van der Waals surface area contributed by atoms with Crippen molar-refractivity contribution in [2.45, 2.75) is 32.4 Å². The monoisotopic (exact) mass is 614 g/mol. The summed E-state index contributed by atoms with van der Waals surface area (Å²) in [5.41, 5.74) is 8.16. The normalized spacial score (nSPS) is 14.0. The van der Waals surface area contributed by atoms with Crippen molar-refractivity contribution in [1.29, 1.82) is 0 Å². The van der Waals surface area contributed by atoms with Crippen LogP contribution >= 0.6 is 0 Å². The number of fused-ring (bicyclic) bond motifs is 3. The Hall–Kier alpha value is -5.48. The summed E-state index contributed by atoms with van der Waals surface area (Å²) < 4.78 is 12.5. The van der Waals surface area contributed by atoms with Gasteiger partial charge >= 0.3 is 6.09 Å². The molecule has 4 heterocycles. The van der Waals surface area contributed by atoms with Gasteiger partial charge in [-0.15, -0.1) is 0 Å². The third kappa shape index (κ3) is 6.07. The van der Waals surface area contributed by atoms with Crippen LogP contribution in [0.3, 0.4) is 0 Å². The topological polar surface area (TPSA) is 114 Å². The van der Waals surface area contributed by atoms with E-state index in [1.165, 1.54) is 18.7 Å². The number of hydrogen-bond acceptors (Lipinski definition) is 8. The van der Waals surface area contributed by atoms with Gasteiger partial charge in [0, 0.05) is 60.2 Å². The number of ether oxygens (including phenoxy) is 2. The Labute approximate surface area is 266 Å². The van der Waals surface area contributed by atoms with Gasteiger partial charge < -0.3 is 14.6 Å². The van der Waals surface area contributed by atoms with Crippen molar-refractivity contribution >= 4 is 28.5 Å². The van der Waals surface area contributed by atoms with Crippen LogP contribution < -0.4 is 10.1 Å². The lowest BCUT2D eigenvalue weighted by Gasteiger charge is -2.31. The molecule has 1 fully saturated rings. The second kappa shape index (κ2) is 12.5. The van der Waals surface area contributed by atoms with Gasteiger partial charge in [0.2, 0.25) is 0 Å². The van der Waals surface area contributed by atoms with Gasteiger partial charge in [0.05, 0.1) is 18.5 Å². The Bertz CT molecular complexity index is 2020. The number of hydrogen-bond donors (Lipinski definition) is 2. The average molecular weight is 615 g/mol. The number of piperidine rings is 1. The van der Waals surface area contributed by atoms with Crippen molar-refractivity contribution in [2.24, 2.45) is 0 Å². The number of aromatic nitrogens is 4. The van der Waals surface area contributed by atoms with Crippen LogP contribution in [0.25, 0.3) is 39.1 Å². The lowest BCUT2D eigenvalue weighted by Crippen LogP contribution is -2.38. The Morgan fingerprint density at radius 1 is 0.978 bits per heavy atom. The number of carbonyl (C=O) groups is 1. The number of phenolic OH excluding ortho intramolecular Hbond substituents is 1. The molecule has 1 saturated heterocycles. The van der Waals surface area contributed by atoms with E-state index in [1.807, 2.05) is 41.9 Å². The molecule has 1 aliphatic heterocycles. The van der Waals surface area contributed by atoms with Crippen LogP contribution in [0, 0.1) is 6.92 Å². The van der Waals surface area contributed by atoms with Crippen LogP contribution in [-0.4, -0.2) is 62.0 Å². The van der Waals surface area contributed by atoms with E-state index in [0.29, 0.717) is 11.4 Å². The zero-order chi connectivity index (χ0) is 31.6. The summed E-state index contributed by atoms with van der Waals surface area (Å²) in [6, 6.07) is 27.7. The third-order valence-corrected chi connectivity index (χ3v) is 8.33. The SMILES string of the molecule is COc1ccc(NC(=O)OC2CCN(Cc3ccc(-c4nc5c(cnc6cc(C)nn65)cc4-c4ccccc4)cc3)CC2)cc1O. The van der Waals surface area contributed by atoms with Crippen LogP contribution in [0.2, 0.25) is 0 Å². The molecule has 3 aromatic carbocycles. The van der Waals surface area contributed by atoms with E-state index in [-0.39, 0.29) is 11.9 Å². The molecule has 0 bridgehead atoms. The second-order valence-corrected chi connectivity index (χ2v) is 11.6. The number of aryl methyl sites for hydroxylation is 1. The lowest BCUT2D eigenvalue weighted by molar-refractivity contribution is 0.0567. The molecule has 2 N–H and O–H groups in total. The fraction of sp³-hybridized carbons (Fsp3) is 0.222. The number of aromatic hydroxyl groups is 1. The molecule has 0 radical (unpaired) electrons. The van der Waals surface area contributed by atoms with Gasteiger partial charge in [0.1, 0.15) is 6.10 Å². The minimum absolute atomic E-state index is 0.0462. The summed E-state index contributed by atoms with van der Waals surface area (Å²) >= 11 is 0. The van der Waals surface area contributed by atoms with E-state index in [1.54, 1.807) is 12.1 Å². The molecule has 1 aliphatic rings. The number of anilines is 1. The summed E-state index contributed by atoms with van der Waals surface area (Å²) in [4.78, 5) is 24.6. The van der Waals surface area contributed by atoms with Crippen LogP contribution in [0.5, 0.6) is 11.5 Å². The fourth-order valence-electron chi connectivity index (χ4n) is 5.99. The molecule has 0 spiro atoms. The average Bonchev–Trinajstić information content (AvgIpc) is 3.47. The maximum absolute atomic E-state index is 12.4. The third-order valence-electron chi connectivity index (χ3n) is 8.33. The van der Waals surface area contributed by atoms with Crippen LogP contribution in [-0.2, 0) is 11.3 Å². The Kier molecular flexibility index (Phi) is 7.94. The molecule has 6 aromatic rings. The molecule has 0 atom stereocenters. The van der Waals surface area contributed by atoms with E-state index in [0.717, 1.165) is 77.2 Å². The highest BCUT2D eigenvalue weighted by Crippen LogP contribution is 2.34. The van der Waals surface area contributed by atoms with Crippen molar-refractivity contribution in [3.05, 3.63) is 102 Å². The number of rotatable bonds is 7. The highest BCUT2D eigenvalue weighted by atomic mass is 16.6. The molecule has 232 valence electrons. The first-order valence-corrected chi connectivity index (χ1v) is 15.3. The van der Waals surface area contributed by atoms with Gasteiger partial charge in [-0.2, -0.15) is 9.61 Å². The summed E-state index contributed by atoms with van der Waals surface area (Å²) in [6.45, 7) is 4.41. The molecule has 46 heavy (non-hydrogen) atoms. The molecule has 10 nitrogen and oxygen atoms in total. The first kappa shape index (κ1) is 29.2. The van der Waals surface area contributed by atoms with Crippen molar-refractivity contribution < 1.29 is 19.4 Å². The first-order chi connectivity index (χ1) is 22.4. The van der Waals surface area contributed by atoms with Gasteiger partial charge in [-0.25, -0.2) is 14.8 Å². The van der Waals surface area contributed by atoms with Gasteiger partial charge in [0.25, 0.3) is 0 Å². The van der Waals surface area contributed by atoms with E-state index >= 15 is 0 Å². The molecule has 7 rings (SSSR count). The summed E-state index contributed by atoms with van der Waals surface area (Å²) in [5, 5.41) is 18.2. The molecule has 0 unspecified atom stereocenters. The smallest absolute Gasteiger partial charge is 0.411 e. The van der Waals surface area contributed by atoms with Gasteiger partial charge in [0.15, 0.2) is 22.8 Å². The number of amides is 1. The maximum Gasteiger partial charge on any atom is 0.411 e. The lowest BCUT2D eigenvalue weighted by atomic mass is 9.97. The maximum atomic E-state index is 12.4. The number of pyridine rings is 1. The number of carbonyl (C=O) groups excluding carboxylic acids is 1. The number of methoxy groups -OCH3 is 1. The number of benzene rings is 3. The number of likely N-dealkylation sites (tertiary alicyclic amines) is 1. The first-order valence-electron chi connectivity index (χ1n) is 15.3. The second-order valence-electron chi connectivity index (χ2n) is 11.6. The largest absolute Gasteiger partial charge is 0.504 e.